The van der Waals surface area contributed by atoms with E-state index in [1.807, 2.05) is 0 Å². The van der Waals surface area contributed by atoms with Crippen molar-refractivity contribution in [2.45, 2.75) is 70.0 Å². The maximum atomic E-state index is 6.66. The molecule has 0 aromatic heterocycles. The third-order valence-corrected chi connectivity index (χ3v) is 4.90. The summed E-state index contributed by atoms with van der Waals surface area (Å²) in [5.41, 5.74) is 0.865. The highest BCUT2D eigenvalue weighted by atomic mass is 16.5. The van der Waals surface area contributed by atoms with E-state index >= 15 is 0 Å². The number of nitrogens with one attached hydrogen (secondary N) is 1. The van der Waals surface area contributed by atoms with Gasteiger partial charge in [-0.3, -0.25) is 0 Å². The Morgan fingerprint density at radius 1 is 0.875 bits per heavy atom. The van der Waals surface area contributed by atoms with Crippen LogP contribution in [0.15, 0.2) is 0 Å². The second-order valence-corrected chi connectivity index (χ2v) is 7.12. The molecule has 2 aliphatic carbocycles. The molecule has 2 spiro atoms. The number of rotatable bonds is 0. The quantitative estimate of drug-likeness (QED) is 0.682. The Morgan fingerprint density at radius 2 is 1.56 bits per heavy atom. The van der Waals surface area contributed by atoms with Crippen molar-refractivity contribution in [1.29, 1.82) is 0 Å². The van der Waals surface area contributed by atoms with E-state index in [4.69, 9.17) is 4.74 Å². The first kappa shape index (κ1) is 11.0. The van der Waals surface area contributed by atoms with Crippen molar-refractivity contribution in [3.8, 4) is 0 Å². The van der Waals surface area contributed by atoms with Gasteiger partial charge in [-0.25, -0.2) is 0 Å². The summed E-state index contributed by atoms with van der Waals surface area (Å²) in [6.45, 7) is 6.95. The highest BCUT2D eigenvalue weighted by Crippen LogP contribution is 2.50. The van der Waals surface area contributed by atoms with Gasteiger partial charge in [-0.1, -0.05) is 26.7 Å². The third-order valence-electron chi connectivity index (χ3n) is 4.90. The lowest BCUT2D eigenvalue weighted by atomic mass is 9.87. The summed E-state index contributed by atoms with van der Waals surface area (Å²) < 4.78 is 6.66. The van der Waals surface area contributed by atoms with Gasteiger partial charge in [0.2, 0.25) is 0 Å². The SMILES string of the molecule is CC1(C)CCC2(CNCC3(CCCC3)O2)C1. The lowest BCUT2D eigenvalue weighted by Gasteiger charge is -2.46. The van der Waals surface area contributed by atoms with Gasteiger partial charge in [-0.05, 0) is 37.5 Å². The summed E-state index contributed by atoms with van der Waals surface area (Å²) in [4.78, 5) is 0. The summed E-state index contributed by atoms with van der Waals surface area (Å²) in [6.07, 6.45) is 9.11. The Bertz CT molecular complexity index is 280. The van der Waals surface area contributed by atoms with E-state index in [1.54, 1.807) is 0 Å². The molecule has 1 unspecified atom stereocenters. The maximum absolute atomic E-state index is 6.66. The fourth-order valence-corrected chi connectivity index (χ4v) is 4.20. The van der Waals surface area contributed by atoms with Crippen molar-refractivity contribution in [3.63, 3.8) is 0 Å². The molecule has 2 nitrogen and oxygen atoms in total. The first-order chi connectivity index (χ1) is 7.54. The van der Waals surface area contributed by atoms with Crippen LogP contribution in [-0.4, -0.2) is 24.3 Å². The highest BCUT2D eigenvalue weighted by Gasteiger charge is 2.51. The van der Waals surface area contributed by atoms with Crippen LogP contribution in [-0.2, 0) is 4.74 Å². The normalized spacial score (nSPS) is 40.9. The van der Waals surface area contributed by atoms with Crippen LogP contribution in [0.25, 0.3) is 0 Å². The molecular formula is C14H25NO. The molecule has 0 radical (unpaired) electrons. The van der Waals surface area contributed by atoms with E-state index in [2.05, 4.69) is 19.2 Å². The zero-order chi connectivity index (χ0) is 11.3. The van der Waals surface area contributed by atoms with Gasteiger partial charge in [0.25, 0.3) is 0 Å². The minimum Gasteiger partial charge on any atom is -0.366 e. The average Bonchev–Trinajstić information content (AvgIpc) is 2.73. The molecule has 16 heavy (non-hydrogen) atoms. The monoisotopic (exact) mass is 223 g/mol. The first-order valence-corrected chi connectivity index (χ1v) is 6.94. The van der Waals surface area contributed by atoms with Crippen LogP contribution >= 0.6 is 0 Å². The number of hydrogen-bond donors (Lipinski definition) is 1. The number of ether oxygens (including phenoxy) is 1. The number of morpholine rings is 1. The van der Waals surface area contributed by atoms with Gasteiger partial charge in [0.15, 0.2) is 0 Å². The van der Waals surface area contributed by atoms with Crippen LogP contribution < -0.4 is 5.32 Å². The second kappa shape index (κ2) is 3.46. The van der Waals surface area contributed by atoms with Gasteiger partial charge in [-0.2, -0.15) is 0 Å². The van der Waals surface area contributed by atoms with E-state index in [1.165, 1.54) is 44.9 Å². The molecule has 1 heterocycles. The molecule has 0 amide bonds. The molecule has 0 aromatic rings. The Hall–Kier alpha value is -0.0800. The molecule has 2 saturated carbocycles. The van der Waals surface area contributed by atoms with E-state index in [0.717, 1.165) is 13.1 Å². The lowest BCUT2D eigenvalue weighted by molar-refractivity contribution is -0.175. The van der Waals surface area contributed by atoms with E-state index < -0.39 is 0 Å². The molecular weight excluding hydrogens is 198 g/mol. The zero-order valence-corrected chi connectivity index (χ0v) is 10.8. The smallest absolute Gasteiger partial charge is 0.0819 e. The van der Waals surface area contributed by atoms with Gasteiger partial charge in [0.05, 0.1) is 11.2 Å². The third kappa shape index (κ3) is 1.80. The zero-order valence-electron chi connectivity index (χ0n) is 10.8. The molecule has 3 aliphatic rings. The molecule has 3 fully saturated rings. The Kier molecular flexibility index (Phi) is 2.38. The van der Waals surface area contributed by atoms with Crippen molar-refractivity contribution in [2.24, 2.45) is 5.41 Å². The summed E-state index contributed by atoms with van der Waals surface area (Å²) in [5.74, 6) is 0. The number of hydrogen-bond acceptors (Lipinski definition) is 2. The molecule has 2 heteroatoms. The summed E-state index contributed by atoms with van der Waals surface area (Å²) in [5, 5.41) is 3.66. The molecule has 1 atom stereocenters. The molecule has 3 rings (SSSR count). The van der Waals surface area contributed by atoms with Crippen molar-refractivity contribution >= 4 is 0 Å². The largest absolute Gasteiger partial charge is 0.366 e. The maximum Gasteiger partial charge on any atom is 0.0819 e. The van der Waals surface area contributed by atoms with Crippen LogP contribution in [0.5, 0.6) is 0 Å². The fourth-order valence-electron chi connectivity index (χ4n) is 4.20. The van der Waals surface area contributed by atoms with Crippen molar-refractivity contribution < 1.29 is 4.74 Å². The first-order valence-electron chi connectivity index (χ1n) is 6.94. The lowest BCUT2D eigenvalue weighted by Crippen LogP contribution is -2.58. The minimum atomic E-state index is 0.173. The average molecular weight is 223 g/mol. The van der Waals surface area contributed by atoms with Crippen LogP contribution in [0.4, 0.5) is 0 Å². The van der Waals surface area contributed by atoms with E-state index in [0.29, 0.717) is 5.41 Å². The minimum absolute atomic E-state index is 0.173. The van der Waals surface area contributed by atoms with Crippen LogP contribution in [0.1, 0.15) is 58.8 Å². The predicted molar refractivity (Wildman–Crippen MR) is 65.5 cm³/mol. The van der Waals surface area contributed by atoms with Crippen LogP contribution in [0.3, 0.4) is 0 Å². The topological polar surface area (TPSA) is 21.3 Å². The predicted octanol–water partition coefficient (Wildman–Crippen LogP) is 2.87. The van der Waals surface area contributed by atoms with Gasteiger partial charge in [0.1, 0.15) is 0 Å². The Balaban J connectivity index is 1.77. The Morgan fingerprint density at radius 3 is 2.19 bits per heavy atom. The van der Waals surface area contributed by atoms with E-state index in [9.17, 15) is 0 Å². The summed E-state index contributed by atoms with van der Waals surface area (Å²) >= 11 is 0. The van der Waals surface area contributed by atoms with Crippen molar-refractivity contribution in [1.82, 2.24) is 5.32 Å². The highest BCUT2D eigenvalue weighted by molar-refractivity contribution is 5.04. The van der Waals surface area contributed by atoms with Crippen molar-refractivity contribution in [3.05, 3.63) is 0 Å². The summed E-state index contributed by atoms with van der Waals surface area (Å²) in [7, 11) is 0. The summed E-state index contributed by atoms with van der Waals surface area (Å²) in [6, 6.07) is 0. The van der Waals surface area contributed by atoms with E-state index in [-0.39, 0.29) is 11.2 Å². The second-order valence-electron chi connectivity index (χ2n) is 7.12. The van der Waals surface area contributed by atoms with Crippen LogP contribution in [0.2, 0.25) is 0 Å². The molecule has 1 aliphatic heterocycles. The fraction of sp³-hybridized carbons (Fsp3) is 1.00. The van der Waals surface area contributed by atoms with Gasteiger partial charge < -0.3 is 10.1 Å². The molecule has 92 valence electrons. The van der Waals surface area contributed by atoms with Gasteiger partial charge in [0, 0.05) is 13.1 Å². The molecule has 1 N–H and O–H groups in total. The standard InChI is InChI=1S/C14H25NO/c1-12(2)7-8-14(9-12)11-15-10-13(16-14)5-3-4-6-13/h15H,3-11H2,1-2H3. The molecule has 0 bridgehead atoms. The van der Waals surface area contributed by atoms with Crippen LogP contribution in [0, 0.1) is 5.41 Å². The van der Waals surface area contributed by atoms with Gasteiger partial charge >= 0.3 is 0 Å². The van der Waals surface area contributed by atoms with Gasteiger partial charge in [-0.15, -0.1) is 0 Å². The Labute approximate surface area is 99.1 Å². The van der Waals surface area contributed by atoms with Crippen molar-refractivity contribution in [2.75, 3.05) is 13.1 Å². The molecule has 1 saturated heterocycles. The molecule has 0 aromatic carbocycles.